The quantitative estimate of drug-likeness (QED) is 0.529. The number of methoxy groups -OCH3 is 1. The number of hydrogen-bond acceptors (Lipinski definition) is 6. The maximum atomic E-state index is 13.8. The van der Waals surface area contributed by atoms with Gasteiger partial charge in [-0.15, -0.1) is 0 Å². The fourth-order valence-corrected chi connectivity index (χ4v) is 4.77. The van der Waals surface area contributed by atoms with Crippen LogP contribution in [0.15, 0.2) is 47.3 Å². The van der Waals surface area contributed by atoms with Gasteiger partial charge in [0, 0.05) is 30.8 Å². The number of benzene rings is 2. The second-order valence-electron chi connectivity index (χ2n) is 8.35. The molecular formula is C25H24Cl2N4O4. The van der Waals surface area contributed by atoms with Gasteiger partial charge in [-0.25, -0.2) is 9.55 Å². The smallest absolute Gasteiger partial charge is 0.263 e. The summed E-state index contributed by atoms with van der Waals surface area (Å²) in [4.78, 5) is 35.7. The van der Waals surface area contributed by atoms with E-state index in [1.54, 1.807) is 34.8 Å². The Morgan fingerprint density at radius 1 is 1.06 bits per heavy atom. The molecule has 8 nitrogen and oxygen atoms in total. The summed E-state index contributed by atoms with van der Waals surface area (Å²) in [5.74, 6) is 0.918. The molecule has 3 heterocycles. The Morgan fingerprint density at radius 3 is 2.57 bits per heavy atom. The SMILES string of the molecule is COc1ccccc1-n1c(N2CCOCC2)nc2c(c1=O)CCN(C(=O)c1ccc(Cl)c(Cl)c1)C2. The van der Waals surface area contributed by atoms with Crippen molar-refractivity contribution in [2.75, 3.05) is 44.9 Å². The first-order chi connectivity index (χ1) is 17.0. The molecule has 1 saturated heterocycles. The predicted molar refractivity (Wildman–Crippen MR) is 134 cm³/mol. The van der Waals surface area contributed by atoms with E-state index in [1.165, 1.54) is 0 Å². The van der Waals surface area contributed by atoms with Crippen LogP contribution in [0, 0.1) is 0 Å². The molecule has 0 bridgehead atoms. The molecule has 0 atom stereocenters. The molecular weight excluding hydrogens is 491 g/mol. The van der Waals surface area contributed by atoms with E-state index < -0.39 is 0 Å². The lowest BCUT2D eigenvalue weighted by atomic mass is 10.0. The molecule has 10 heteroatoms. The van der Waals surface area contributed by atoms with Gasteiger partial charge in [0.1, 0.15) is 5.75 Å². The van der Waals surface area contributed by atoms with Crippen LogP contribution in [0.3, 0.4) is 0 Å². The van der Waals surface area contributed by atoms with Crippen LogP contribution in [0.4, 0.5) is 5.95 Å². The third kappa shape index (κ3) is 4.49. The van der Waals surface area contributed by atoms with Crippen molar-refractivity contribution in [3.8, 4) is 11.4 Å². The first-order valence-electron chi connectivity index (χ1n) is 11.3. The number of nitrogens with zero attached hydrogens (tertiary/aromatic N) is 4. The summed E-state index contributed by atoms with van der Waals surface area (Å²) in [6.07, 6.45) is 0.396. The van der Waals surface area contributed by atoms with Gasteiger partial charge in [0.05, 0.1) is 48.3 Å². The third-order valence-corrected chi connectivity index (χ3v) is 7.03. The van der Waals surface area contributed by atoms with Gasteiger partial charge in [0.15, 0.2) is 0 Å². The molecule has 2 aliphatic heterocycles. The minimum absolute atomic E-state index is 0.150. The normalized spacial score (nSPS) is 15.6. The van der Waals surface area contributed by atoms with Gasteiger partial charge >= 0.3 is 0 Å². The molecule has 3 aromatic rings. The highest BCUT2D eigenvalue weighted by molar-refractivity contribution is 6.42. The molecule has 0 radical (unpaired) electrons. The first kappa shape index (κ1) is 23.7. The standard InChI is InChI=1S/C25H24Cl2N4O4/c1-34-22-5-3-2-4-21(22)31-24(33)17-8-9-30(23(32)16-6-7-18(26)19(27)14-16)15-20(17)28-25(31)29-10-12-35-13-11-29/h2-7,14H,8-13,15H2,1H3. The largest absolute Gasteiger partial charge is 0.495 e. The predicted octanol–water partition coefficient (Wildman–Crippen LogP) is 3.58. The number of amides is 1. The van der Waals surface area contributed by atoms with Crippen molar-refractivity contribution in [1.29, 1.82) is 0 Å². The van der Waals surface area contributed by atoms with Crippen molar-refractivity contribution in [1.82, 2.24) is 14.5 Å². The fourth-order valence-electron chi connectivity index (χ4n) is 4.47. The Hall–Kier alpha value is -3.07. The highest BCUT2D eigenvalue weighted by Gasteiger charge is 2.30. The molecule has 1 aromatic heterocycles. The van der Waals surface area contributed by atoms with Gasteiger partial charge in [-0.05, 0) is 36.8 Å². The molecule has 2 aromatic carbocycles. The van der Waals surface area contributed by atoms with Crippen LogP contribution in [0.25, 0.3) is 5.69 Å². The van der Waals surface area contributed by atoms with Gasteiger partial charge in [-0.1, -0.05) is 35.3 Å². The number of rotatable bonds is 4. The van der Waals surface area contributed by atoms with Gasteiger partial charge < -0.3 is 19.3 Å². The number of halogens is 2. The maximum Gasteiger partial charge on any atom is 0.263 e. The van der Waals surface area contributed by atoms with Crippen molar-refractivity contribution in [2.24, 2.45) is 0 Å². The number of aromatic nitrogens is 2. The molecule has 1 fully saturated rings. The van der Waals surface area contributed by atoms with E-state index in [1.807, 2.05) is 29.2 Å². The minimum Gasteiger partial charge on any atom is -0.495 e. The van der Waals surface area contributed by atoms with E-state index in [9.17, 15) is 9.59 Å². The van der Waals surface area contributed by atoms with Crippen molar-refractivity contribution < 1.29 is 14.3 Å². The van der Waals surface area contributed by atoms with Gasteiger partial charge in [0.25, 0.3) is 11.5 Å². The molecule has 5 rings (SSSR count). The Balaban J connectivity index is 1.57. The molecule has 35 heavy (non-hydrogen) atoms. The van der Waals surface area contributed by atoms with Crippen LogP contribution in [0.1, 0.15) is 21.6 Å². The van der Waals surface area contributed by atoms with Crippen molar-refractivity contribution in [2.45, 2.75) is 13.0 Å². The number of anilines is 1. The zero-order valence-corrected chi connectivity index (χ0v) is 20.7. The topological polar surface area (TPSA) is 76.9 Å². The number of hydrogen-bond donors (Lipinski definition) is 0. The summed E-state index contributed by atoms with van der Waals surface area (Å²) in [7, 11) is 1.58. The number of ether oxygens (including phenoxy) is 2. The summed E-state index contributed by atoms with van der Waals surface area (Å²) in [5, 5.41) is 0.711. The highest BCUT2D eigenvalue weighted by Crippen LogP contribution is 2.29. The molecule has 0 saturated carbocycles. The second-order valence-corrected chi connectivity index (χ2v) is 9.17. The molecule has 182 valence electrons. The lowest BCUT2D eigenvalue weighted by Gasteiger charge is -2.33. The van der Waals surface area contributed by atoms with E-state index >= 15 is 0 Å². The summed E-state index contributed by atoms with van der Waals surface area (Å²) in [5.41, 5.74) is 2.13. The van der Waals surface area contributed by atoms with Gasteiger partial charge in [-0.3, -0.25) is 9.59 Å². The summed E-state index contributed by atoms with van der Waals surface area (Å²) >= 11 is 12.1. The molecule has 0 unspecified atom stereocenters. The van der Waals surface area contributed by atoms with Gasteiger partial charge in [0.2, 0.25) is 5.95 Å². The van der Waals surface area contributed by atoms with Crippen molar-refractivity contribution in [3.63, 3.8) is 0 Å². The van der Waals surface area contributed by atoms with Crippen molar-refractivity contribution in [3.05, 3.63) is 79.7 Å². The summed E-state index contributed by atoms with van der Waals surface area (Å²) in [6, 6.07) is 12.2. The second kappa shape index (κ2) is 9.89. The summed E-state index contributed by atoms with van der Waals surface area (Å²) < 4.78 is 12.7. The average Bonchev–Trinajstić information content (AvgIpc) is 2.90. The zero-order chi connectivity index (χ0) is 24.5. The molecule has 0 spiro atoms. The van der Waals surface area contributed by atoms with Crippen molar-refractivity contribution >= 4 is 35.1 Å². The summed E-state index contributed by atoms with van der Waals surface area (Å²) in [6.45, 7) is 2.92. The number of para-hydroxylation sites is 2. The van der Waals surface area contributed by atoms with Crippen LogP contribution in [0.5, 0.6) is 5.75 Å². The van der Waals surface area contributed by atoms with Gasteiger partial charge in [-0.2, -0.15) is 0 Å². The average molecular weight is 515 g/mol. The molecule has 1 amide bonds. The van der Waals surface area contributed by atoms with Crippen LogP contribution in [0.2, 0.25) is 10.0 Å². The highest BCUT2D eigenvalue weighted by atomic mass is 35.5. The number of carbonyl (C=O) groups is 1. The van der Waals surface area contributed by atoms with E-state index in [0.29, 0.717) is 83.5 Å². The Morgan fingerprint density at radius 2 is 1.83 bits per heavy atom. The number of fused-ring (bicyclic) bond motifs is 1. The van der Waals surface area contributed by atoms with E-state index in [4.69, 9.17) is 37.7 Å². The van der Waals surface area contributed by atoms with Crippen LogP contribution in [-0.2, 0) is 17.7 Å². The Bertz CT molecular complexity index is 1340. The molecule has 2 aliphatic rings. The number of morpholine rings is 1. The Kier molecular flexibility index (Phi) is 6.69. The van der Waals surface area contributed by atoms with Crippen LogP contribution < -0.4 is 15.2 Å². The van der Waals surface area contributed by atoms with E-state index in [-0.39, 0.29) is 18.0 Å². The fraction of sp³-hybridized carbons (Fsp3) is 0.320. The third-order valence-electron chi connectivity index (χ3n) is 6.29. The molecule has 0 aliphatic carbocycles. The van der Waals surface area contributed by atoms with E-state index in [0.717, 1.165) is 0 Å². The monoisotopic (exact) mass is 514 g/mol. The zero-order valence-electron chi connectivity index (χ0n) is 19.2. The lowest BCUT2D eigenvalue weighted by Crippen LogP contribution is -2.44. The van der Waals surface area contributed by atoms with Crippen LogP contribution >= 0.6 is 23.2 Å². The van der Waals surface area contributed by atoms with E-state index in [2.05, 4.69) is 0 Å². The minimum atomic E-state index is -0.183. The van der Waals surface area contributed by atoms with Crippen LogP contribution in [-0.4, -0.2) is 60.3 Å². The first-order valence-corrected chi connectivity index (χ1v) is 12.1. The maximum absolute atomic E-state index is 13.8. The molecule has 0 N–H and O–H groups in total. The lowest BCUT2D eigenvalue weighted by molar-refractivity contribution is 0.0731. The Labute approximate surface area is 212 Å². The number of carbonyl (C=O) groups excluding carboxylic acids is 1.